The Labute approximate surface area is 213 Å². The molecule has 0 radical (unpaired) electrons. The highest BCUT2D eigenvalue weighted by Crippen LogP contribution is 2.28. The van der Waals surface area contributed by atoms with Gasteiger partial charge in [-0.05, 0) is 49.6 Å². The molecule has 5 rings (SSSR count). The Bertz CT molecular complexity index is 1460. The van der Waals surface area contributed by atoms with E-state index in [1.54, 1.807) is 19.1 Å². The molecular formula is C27H29FN6O3. The first-order chi connectivity index (χ1) is 18.0. The maximum absolute atomic E-state index is 13.5. The van der Waals surface area contributed by atoms with Gasteiger partial charge in [-0.2, -0.15) is 4.57 Å². The van der Waals surface area contributed by atoms with Crippen LogP contribution in [0.1, 0.15) is 25.3 Å². The number of hydrogen-bond donors (Lipinski definition) is 0. The predicted molar refractivity (Wildman–Crippen MR) is 140 cm³/mol. The number of rotatable bonds is 6. The number of piperidine rings is 1. The van der Waals surface area contributed by atoms with Gasteiger partial charge in [-0.3, -0.25) is 4.79 Å². The van der Waals surface area contributed by atoms with Gasteiger partial charge in [0.2, 0.25) is 11.9 Å². The van der Waals surface area contributed by atoms with Gasteiger partial charge in [0.1, 0.15) is 5.82 Å². The lowest BCUT2D eigenvalue weighted by atomic mass is 10.0. The van der Waals surface area contributed by atoms with E-state index < -0.39 is 11.7 Å². The first kappa shape index (κ1) is 24.5. The Hall–Kier alpha value is -4.21. The molecule has 9 nitrogen and oxygen atoms in total. The van der Waals surface area contributed by atoms with E-state index in [0.717, 1.165) is 53.0 Å². The summed E-state index contributed by atoms with van der Waals surface area (Å²) in [5.74, 6) is 0.882. The highest BCUT2D eigenvalue weighted by Gasteiger charge is 2.29. The highest BCUT2D eigenvalue weighted by atomic mass is 19.1. The first-order valence-electron chi connectivity index (χ1n) is 12.4. The standard InChI is InChI=1S/C27H29FN6O3/c1-3-37-27(36)34-24(35)12-15-29-25(34)31(2)21-13-16-32(17-14-21)26-30-22-6-4-5-7-23(22)33(26)18-19-8-10-20(28)11-9-19/h4-12,15,21H,3,13-14,16-18H2,1-2H3. The number of carbonyl (C=O) groups is 1. The summed E-state index contributed by atoms with van der Waals surface area (Å²) in [5, 5.41) is 0. The van der Waals surface area contributed by atoms with Gasteiger partial charge >= 0.3 is 6.09 Å². The number of halogens is 1. The van der Waals surface area contributed by atoms with E-state index in [4.69, 9.17) is 9.72 Å². The van der Waals surface area contributed by atoms with E-state index in [-0.39, 0.29) is 24.4 Å². The van der Waals surface area contributed by atoms with E-state index in [1.807, 2.05) is 36.2 Å². The van der Waals surface area contributed by atoms with Crippen molar-refractivity contribution in [1.82, 2.24) is 19.1 Å². The molecule has 2 aromatic carbocycles. The maximum Gasteiger partial charge on any atom is 0.423 e. The lowest BCUT2D eigenvalue weighted by Crippen LogP contribution is -2.46. The van der Waals surface area contributed by atoms with Gasteiger partial charge in [-0.25, -0.2) is 19.2 Å². The van der Waals surface area contributed by atoms with Gasteiger partial charge in [-0.1, -0.05) is 24.3 Å². The van der Waals surface area contributed by atoms with Gasteiger partial charge in [0.05, 0.1) is 24.2 Å². The lowest BCUT2D eigenvalue weighted by molar-refractivity contribution is 0.153. The summed E-state index contributed by atoms with van der Waals surface area (Å²) in [4.78, 5) is 38.3. The average Bonchev–Trinajstić information content (AvgIpc) is 3.28. The van der Waals surface area contributed by atoms with Gasteiger partial charge < -0.3 is 19.1 Å². The molecule has 1 aliphatic heterocycles. The molecule has 4 aromatic rings. The lowest BCUT2D eigenvalue weighted by Gasteiger charge is -2.38. The third kappa shape index (κ3) is 4.91. The summed E-state index contributed by atoms with van der Waals surface area (Å²) in [5.41, 5.74) is 2.45. The summed E-state index contributed by atoms with van der Waals surface area (Å²) in [6.45, 7) is 3.91. The fourth-order valence-corrected chi connectivity index (χ4v) is 4.86. The molecule has 1 aliphatic rings. The Morgan fingerprint density at radius 2 is 1.84 bits per heavy atom. The minimum absolute atomic E-state index is 0.0705. The number of ether oxygens (including phenoxy) is 1. The third-order valence-electron chi connectivity index (χ3n) is 6.78. The third-order valence-corrected chi connectivity index (χ3v) is 6.78. The Morgan fingerprint density at radius 1 is 1.11 bits per heavy atom. The van der Waals surface area contributed by atoms with Crippen molar-refractivity contribution in [3.63, 3.8) is 0 Å². The quantitative estimate of drug-likeness (QED) is 0.394. The van der Waals surface area contributed by atoms with Crippen molar-refractivity contribution in [2.24, 2.45) is 0 Å². The zero-order chi connectivity index (χ0) is 25.9. The Kier molecular flexibility index (Phi) is 6.89. The minimum Gasteiger partial charge on any atom is -0.449 e. The van der Waals surface area contributed by atoms with Crippen LogP contribution in [-0.4, -0.2) is 58.0 Å². The predicted octanol–water partition coefficient (Wildman–Crippen LogP) is 3.89. The van der Waals surface area contributed by atoms with Gasteiger partial charge in [0, 0.05) is 38.4 Å². The normalized spacial score (nSPS) is 14.2. The van der Waals surface area contributed by atoms with Crippen molar-refractivity contribution in [2.45, 2.75) is 32.4 Å². The molecule has 192 valence electrons. The molecule has 0 amide bonds. The van der Waals surface area contributed by atoms with Crippen molar-refractivity contribution in [3.05, 3.63) is 82.5 Å². The second-order valence-corrected chi connectivity index (χ2v) is 9.06. The van der Waals surface area contributed by atoms with Crippen LogP contribution in [0.3, 0.4) is 0 Å². The van der Waals surface area contributed by atoms with Gasteiger partial charge in [-0.15, -0.1) is 0 Å². The van der Waals surface area contributed by atoms with Crippen molar-refractivity contribution in [3.8, 4) is 0 Å². The van der Waals surface area contributed by atoms with Gasteiger partial charge in [0.15, 0.2) is 0 Å². The summed E-state index contributed by atoms with van der Waals surface area (Å²) >= 11 is 0. The molecule has 0 unspecified atom stereocenters. The molecule has 0 N–H and O–H groups in total. The van der Waals surface area contributed by atoms with Crippen molar-refractivity contribution < 1.29 is 13.9 Å². The van der Waals surface area contributed by atoms with Crippen molar-refractivity contribution >= 4 is 29.0 Å². The summed E-state index contributed by atoms with van der Waals surface area (Å²) < 4.78 is 21.7. The highest BCUT2D eigenvalue weighted by molar-refractivity contribution is 5.79. The van der Waals surface area contributed by atoms with Gasteiger partial charge in [0.25, 0.3) is 5.56 Å². The van der Waals surface area contributed by atoms with Crippen molar-refractivity contribution in [2.75, 3.05) is 36.5 Å². The van der Waals surface area contributed by atoms with E-state index in [1.165, 1.54) is 24.4 Å². The molecule has 1 saturated heterocycles. The number of carbonyl (C=O) groups excluding carboxylic acids is 1. The van der Waals surface area contributed by atoms with E-state index in [0.29, 0.717) is 6.54 Å². The fourth-order valence-electron chi connectivity index (χ4n) is 4.86. The SMILES string of the molecule is CCOC(=O)n1c(N(C)C2CCN(c3nc4ccccc4n3Cc3ccc(F)cc3)CC2)nccc1=O. The average molecular weight is 505 g/mol. The number of anilines is 2. The molecule has 0 aliphatic carbocycles. The number of hydrogen-bond acceptors (Lipinski definition) is 7. The van der Waals surface area contributed by atoms with E-state index in [9.17, 15) is 14.0 Å². The van der Waals surface area contributed by atoms with Crippen LogP contribution in [0.25, 0.3) is 11.0 Å². The van der Waals surface area contributed by atoms with Crippen molar-refractivity contribution in [1.29, 1.82) is 0 Å². The van der Waals surface area contributed by atoms with Crippen LogP contribution >= 0.6 is 0 Å². The number of fused-ring (bicyclic) bond motifs is 1. The smallest absolute Gasteiger partial charge is 0.423 e. The van der Waals surface area contributed by atoms with Crippen LogP contribution in [-0.2, 0) is 11.3 Å². The molecule has 37 heavy (non-hydrogen) atoms. The molecule has 3 heterocycles. The van der Waals surface area contributed by atoms with Crippen LogP contribution in [0.15, 0.2) is 65.6 Å². The maximum atomic E-state index is 13.5. The summed E-state index contributed by atoms with van der Waals surface area (Å²) in [7, 11) is 1.85. The van der Waals surface area contributed by atoms with Crippen LogP contribution in [0, 0.1) is 5.82 Å². The van der Waals surface area contributed by atoms with Crippen LogP contribution < -0.4 is 15.4 Å². The number of nitrogens with zero attached hydrogens (tertiary/aromatic N) is 6. The zero-order valence-corrected chi connectivity index (χ0v) is 20.9. The Morgan fingerprint density at radius 3 is 2.57 bits per heavy atom. The van der Waals surface area contributed by atoms with E-state index >= 15 is 0 Å². The van der Waals surface area contributed by atoms with Crippen LogP contribution in [0.4, 0.5) is 21.1 Å². The Balaban J connectivity index is 1.37. The summed E-state index contributed by atoms with van der Waals surface area (Å²) in [6.07, 6.45) is 2.25. The molecular weight excluding hydrogens is 475 g/mol. The largest absolute Gasteiger partial charge is 0.449 e. The topological polar surface area (TPSA) is 85.5 Å². The molecule has 2 aromatic heterocycles. The molecule has 0 saturated carbocycles. The zero-order valence-electron chi connectivity index (χ0n) is 20.9. The number of aromatic nitrogens is 4. The molecule has 0 spiro atoms. The number of para-hydroxylation sites is 2. The second-order valence-electron chi connectivity index (χ2n) is 9.06. The number of imidazole rings is 1. The number of benzene rings is 2. The first-order valence-corrected chi connectivity index (χ1v) is 12.4. The van der Waals surface area contributed by atoms with E-state index in [2.05, 4.69) is 14.5 Å². The monoisotopic (exact) mass is 504 g/mol. The fraction of sp³-hybridized carbons (Fsp3) is 0.333. The van der Waals surface area contributed by atoms with Crippen LogP contribution in [0.5, 0.6) is 0 Å². The molecule has 1 fully saturated rings. The van der Waals surface area contributed by atoms with Crippen LogP contribution in [0.2, 0.25) is 0 Å². The minimum atomic E-state index is -0.727. The molecule has 10 heteroatoms. The molecule has 0 atom stereocenters. The molecule has 0 bridgehead atoms. The second kappa shape index (κ2) is 10.4. The summed E-state index contributed by atoms with van der Waals surface area (Å²) in [6, 6.07) is 15.9.